The van der Waals surface area contributed by atoms with Gasteiger partial charge >= 0.3 is 0 Å². The largest absolute Gasteiger partial charge is 0.454 e. The van der Waals surface area contributed by atoms with Crippen molar-refractivity contribution in [3.8, 4) is 11.5 Å². The molecule has 1 heterocycles. The number of hydrogen-bond acceptors (Lipinski definition) is 5. The van der Waals surface area contributed by atoms with Crippen molar-refractivity contribution in [3.05, 3.63) is 48.0 Å². The summed E-state index contributed by atoms with van der Waals surface area (Å²) in [7, 11) is 2.06. The highest BCUT2D eigenvalue weighted by Gasteiger charge is 2.15. The minimum Gasteiger partial charge on any atom is -0.454 e. The van der Waals surface area contributed by atoms with Gasteiger partial charge in [-0.3, -0.25) is 4.79 Å². The summed E-state index contributed by atoms with van der Waals surface area (Å²) in [5.74, 6) is 1.56. The van der Waals surface area contributed by atoms with E-state index in [0.717, 1.165) is 42.5 Å². The number of anilines is 2. The van der Waals surface area contributed by atoms with Crippen LogP contribution in [0.3, 0.4) is 0 Å². The van der Waals surface area contributed by atoms with Gasteiger partial charge in [-0.15, -0.1) is 0 Å². The molecule has 27 heavy (non-hydrogen) atoms. The third-order valence-electron chi connectivity index (χ3n) is 4.75. The van der Waals surface area contributed by atoms with Crippen LogP contribution in [0.2, 0.25) is 0 Å². The van der Waals surface area contributed by atoms with E-state index in [-0.39, 0.29) is 12.7 Å². The normalized spacial score (nSPS) is 12.3. The Balaban J connectivity index is 1.62. The van der Waals surface area contributed by atoms with Gasteiger partial charge in [0.1, 0.15) is 0 Å². The molecule has 0 radical (unpaired) electrons. The molecule has 0 bridgehead atoms. The summed E-state index contributed by atoms with van der Waals surface area (Å²) in [6, 6.07) is 13.3. The molecule has 1 aliphatic heterocycles. The molecule has 6 heteroatoms. The molecule has 1 N–H and O–H groups in total. The van der Waals surface area contributed by atoms with E-state index in [1.165, 1.54) is 0 Å². The van der Waals surface area contributed by atoms with Crippen molar-refractivity contribution in [3.63, 3.8) is 0 Å². The zero-order valence-corrected chi connectivity index (χ0v) is 16.2. The number of nitrogens with zero attached hydrogens (tertiary/aromatic N) is 2. The fraction of sp³-hybridized carbons (Fsp3) is 0.381. The molecule has 1 aliphatic rings. The van der Waals surface area contributed by atoms with E-state index in [1.54, 1.807) is 0 Å². The SMILES string of the molecule is CCN(C)CCN(CC)C(=O)c1ccc(Nc2ccc3c(c2)OCO3)cc1. The van der Waals surface area contributed by atoms with Crippen LogP contribution < -0.4 is 14.8 Å². The molecule has 0 saturated carbocycles. The van der Waals surface area contributed by atoms with Crippen LogP contribution in [0.4, 0.5) is 11.4 Å². The van der Waals surface area contributed by atoms with Gasteiger partial charge < -0.3 is 24.6 Å². The summed E-state index contributed by atoms with van der Waals surface area (Å²) >= 11 is 0. The van der Waals surface area contributed by atoms with E-state index < -0.39 is 0 Å². The Labute approximate surface area is 160 Å². The van der Waals surface area contributed by atoms with Crippen molar-refractivity contribution >= 4 is 17.3 Å². The number of carbonyl (C=O) groups excluding carboxylic acids is 1. The quantitative estimate of drug-likeness (QED) is 0.771. The first kappa shape index (κ1) is 19.0. The predicted molar refractivity (Wildman–Crippen MR) is 107 cm³/mol. The van der Waals surface area contributed by atoms with Gasteiger partial charge in [0, 0.05) is 42.6 Å². The second-order valence-corrected chi connectivity index (χ2v) is 6.55. The molecule has 0 unspecified atom stereocenters. The molecule has 0 spiro atoms. The minimum absolute atomic E-state index is 0.0663. The number of ether oxygens (including phenoxy) is 2. The summed E-state index contributed by atoms with van der Waals surface area (Å²) in [4.78, 5) is 16.8. The second kappa shape index (κ2) is 8.77. The van der Waals surface area contributed by atoms with E-state index >= 15 is 0 Å². The average Bonchev–Trinajstić information content (AvgIpc) is 3.16. The van der Waals surface area contributed by atoms with Crippen LogP contribution in [0.15, 0.2) is 42.5 Å². The first-order chi connectivity index (χ1) is 13.1. The van der Waals surface area contributed by atoms with Gasteiger partial charge in [-0.1, -0.05) is 6.92 Å². The Morgan fingerprint density at radius 2 is 1.67 bits per heavy atom. The van der Waals surface area contributed by atoms with Crippen molar-refractivity contribution < 1.29 is 14.3 Å². The maximum atomic E-state index is 12.7. The van der Waals surface area contributed by atoms with Crippen LogP contribution in [0.1, 0.15) is 24.2 Å². The van der Waals surface area contributed by atoms with Crippen molar-refractivity contribution in [2.24, 2.45) is 0 Å². The summed E-state index contributed by atoms with van der Waals surface area (Å²) in [6.45, 7) is 7.68. The molecule has 2 aromatic rings. The lowest BCUT2D eigenvalue weighted by atomic mass is 10.1. The third kappa shape index (κ3) is 4.71. The first-order valence-corrected chi connectivity index (χ1v) is 9.35. The molecular weight excluding hydrogens is 342 g/mol. The molecule has 144 valence electrons. The summed E-state index contributed by atoms with van der Waals surface area (Å²) in [6.07, 6.45) is 0. The number of nitrogens with one attached hydrogen (secondary N) is 1. The van der Waals surface area contributed by atoms with Crippen LogP contribution in [0.25, 0.3) is 0 Å². The average molecular weight is 369 g/mol. The van der Waals surface area contributed by atoms with Crippen LogP contribution in [-0.2, 0) is 0 Å². The first-order valence-electron chi connectivity index (χ1n) is 9.35. The molecule has 0 aromatic heterocycles. The highest BCUT2D eigenvalue weighted by Crippen LogP contribution is 2.35. The number of carbonyl (C=O) groups is 1. The Kier molecular flexibility index (Phi) is 6.19. The highest BCUT2D eigenvalue weighted by molar-refractivity contribution is 5.94. The molecule has 1 amide bonds. The lowest BCUT2D eigenvalue weighted by Crippen LogP contribution is -2.37. The number of hydrogen-bond donors (Lipinski definition) is 1. The van der Waals surface area contributed by atoms with Gasteiger partial charge in [-0.2, -0.15) is 0 Å². The summed E-state index contributed by atoms with van der Waals surface area (Å²) < 4.78 is 10.7. The van der Waals surface area contributed by atoms with Gasteiger partial charge in [0.15, 0.2) is 11.5 Å². The molecule has 0 atom stereocenters. The van der Waals surface area contributed by atoms with Crippen LogP contribution >= 0.6 is 0 Å². The van der Waals surface area contributed by atoms with Crippen LogP contribution in [0, 0.1) is 0 Å². The summed E-state index contributed by atoms with van der Waals surface area (Å²) in [5.41, 5.74) is 2.53. The van der Waals surface area contributed by atoms with E-state index in [4.69, 9.17) is 9.47 Å². The second-order valence-electron chi connectivity index (χ2n) is 6.55. The predicted octanol–water partition coefficient (Wildman–Crippen LogP) is 3.57. The van der Waals surface area contributed by atoms with Gasteiger partial charge in [0.05, 0.1) is 0 Å². The van der Waals surface area contributed by atoms with Crippen molar-refractivity contribution in [2.75, 3.05) is 45.3 Å². The molecule has 0 aliphatic carbocycles. The molecular formula is C21H27N3O3. The maximum absolute atomic E-state index is 12.7. The molecule has 0 saturated heterocycles. The zero-order valence-electron chi connectivity index (χ0n) is 16.2. The van der Waals surface area contributed by atoms with Crippen molar-refractivity contribution in [2.45, 2.75) is 13.8 Å². The fourth-order valence-electron chi connectivity index (χ4n) is 2.87. The fourth-order valence-corrected chi connectivity index (χ4v) is 2.87. The minimum atomic E-state index is 0.0663. The standard InChI is InChI=1S/C21H27N3O3/c1-4-23(3)12-13-24(5-2)21(25)16-6-8-17(9-7-16)22-18-10-11-19-20(14-18)27-15-26-19/h6-11,14,22H,4-5,12-13,15H2,1-3H3. The molecule has 3 rings (SSSR count). The maximum Gasteiger partial charge on any atom is 0.253 e. The lowest BCUT2D eigenvalue weighted by Gasteiger charge is -2.24. The highest BCUT2D eigenvalue weighted by atomic mass is 16.7. The number of likely N-dealkylation sites (N-methyl/N-ethyl adjacent to an activating group) is 2. The van der Waals surface area contributed by atoms with E-state index in [1.807, 2.05) is 54.3 Å². The Bertz CT molecular complexity index is 777. The van der Waals surface area contributed by atoms with Gasteiger partial charge in [0.2, 0.25) is 6.79 Å². The zero-order chi connectivity index (χ0) is 19.2. The van der Waals surface area contributed by atoms with Gasteiger partial charge in [0.25, 0.3) is 5.91 Å². The van der Waals surface area contributed by atoms with E-state index in [9.17, 15) is 4.79 Å². The number of amides is 1. The summed E-state index contributed by atoms with van der Waals surface area (Å²) in [5, 5.41) is 3.32. The lowest BCUT2D eigenvalue weighted by molar-refractivity contribution is 0.0751. The third-order valence-corrected chi connectivity index (χ3v) is 4.75. The number of benzene rings is 2. The van der Waals surface area contributed by atoms with Crippen molar-refractivity contribution in [1.82, 2.24) is 9.80 Å². The molecule has 2 aromatic carbocycles. The Hall–Kier alpha value is -2.73. The van der Waals surface area contributed by atoms with Crippen LogP contribution in [-0.4, -0.2) is 55.7 Å². The Morgan fingerprint density at radius 3 is 2.37 bits per heavy atom. The smallest absolute Gasteiger partial charge is 0.253 e. The van der Waals surface area contributed by atoms with Crippen LogP contribution in [0.5, 0.6) is 11.5 Å². The molecule has 0 fully saturated rings. The number of rotatable bonds is 8. The van der Waals surface area contributed by atoms with E-state index in [0.29, 0.717) is 12.1 Å². The van der Waals surface area contributed by atoms with E-state index in [2.05, 4.69) is 24.2 Å². The molecule has 6 nitrogen and oxygen atoms in total. The Morgan fingerprint density at radius 1 is 0.963 bits per heavy atom. The number of fused-ring (bicyclic) bond motifs is 1. The topological polar surface area (TPSA) is 54.0 Å². The monoisotopic (exact) mass is 369 g/mol. The van der Waals surface area contributed by atoms with Crippen molar-refractivity contribution in [1.29, 1.82) is 0 Å². The van der Waals surface area contributed by atoms with Gasteiger partial charge in [-0.05, 0) is 56.9 Å². The van der Waals surface area contributed by atoms with Gasteiger partial charge in [-0.25, -0.2) is 0 Å².